The van der Waals surface area contributed by atoms with Crippen LogP contribution in [0.3, 0.4) is 0 Å². The van der Waals surface area contributed by atoms with E-state index in [1.54, 1.807) is 0 Å². The molecule has 1 N–H and O–H groups in total. The van der Waals surface area contributed by atoms with Crippen molar-refractivity contribution in [3.8, 4) is 0 Å². The first-order chi connectivity index (χ1) is 5.91. The van der Waals surface area contributed by atoms with Crippen molar-refractivity contribution < 1.29 is 9.13 Å². The number of benzene rings is 1. The van der Waals surface area contributed by atoms with Crippen LogP contribution in [0.5, 0.6) is 0 Å². The van der Waals surface area contributed by atoms with Crippen LogP contribution in [-0.2, 0) is 9.73 Å². The van der Waals surface area contributed by atoms with E-state index in [0.717, 1.165) is 0 Å². The zero-order valence-electron chi connectivity index (χ0n) is 6.89. The minimum absolute atomic E-state index is 0.0626. The molecule has 0 aliphatic heterocycles. The lowest BCUT2D eigenvalue weighted by atomic mass is 10.3. The van der Waals surface area contributed by atoms with Crippen molar-refractivity contribution in [2.75, 3.05) is 6.26 Å². The van der Waals surface area contributed by atoms with E-state index in [0.29, 0.717) is 4.90 Å². The molecule has 0 fully saturated rings. The molecule has 1 atom stereocenters. The molecule has 0 aliphatic carbocycles. The summed E-state index contributed by atoms with van der Waals surface area (Å²) in [5.74, 6) is 0. The Kier molecular flexibility index (Phi) is 2.33. The van der Waals surface area contributed by atoms with E-state index >= 15 is 0 Å². The van der Waals surface area contributed by atoms with Crippen molar-refractivity contribution >= 4 is 15.4 Å². The predicted octanol–water partition coefficient (Wildman–Crippen LogP) is 1.63. The maximum atomic E-state index is 11.2. The Hall–Kier alpha value is -1.43. The van der Waals surface area contributed by atoms with Crippen molar-refractivity contribution in [3.05, 3.63) is 34.4 Å². The number of hydrogen-bond acceptors (Lipinski definition) is 4. The summed E-state index contributed by atoms with van der Waals surface area (Å²) >= 11 is 0. The molecule has 0 spiro atoms. The number of hydrogen-bond donors (Lipinski definition) is 1. The fourth-order valence-electron chi connectivity index (χ4n) is 0.828. The second kappa shape index (κ2) is 3.14. The zero-order valence-corrected chi connectivity index (χ0v) is 7.71. The SMILES string of the molecule is C[S@@](=N)(=O)c1ccc([N+](=O)[O-])cc1. The van der Waals surface area contributed by atoms with Gasteiger partial charge in [0, 0.05) is 23.3 Å². The van der Waals surface area contributed by atoms with E-state index < -0.39 is 14.7 Å². The second-order valence-electron chi connectivity index (χ2n) is 2.59. The topological polar surface area (TPSA) is 84.1 Å². The molecule has 1 aromatic carbocycles. The molecule has 0 saturated heterocycles. The molecule has 0 aromatic heterocycles. The van der Waals surface area contributed by atoms with Crippen LogP contribution in [0.15, 0.2) is 29.2 Å². The molecule has 5 nitrogen and oxygen atoms in total. The number of nitro groups is 1. The van der Waals surface area contributed by atoms with Crippen LogP contribution in [0.4, 0.5) is 5.69 Å². The van der Waals surface area contributed by atoms with Gasteiger partial charge in [-0.05, 0) is 12.1 Å². The summed E-state index contributed by atoms with van der Waals surface area (Å²) in [6.07, 6.45) is 1.27. The van der Waals surface area contributed by atoms with E-state index in [9.17, 15) is 14.3 Å². The van der Waals surface area contributed by atoms with Crippen LogP contribution in [0.25, 0.3) is 0 Å². The molecule has 1 aromatic rings. The standard InChI is InChI=1S/C7H8N2O3S/c1-13(8,12)7-4-2-6(3-5-7)9(10)11/h2-5,8H,1H3/t13-/m1/s1. The monoisotopic (exact) mass is 200 g/mol. The van der Waals surface area contributed by atoms with Gasteiger partial charge < -0.3 is 0 Å². The highest BCUT2D eigenvalue weighted by molar-refractivity contribution is 7.91. The maximum Gasteiger partial charge on any atom is 0.269 e. The Morgan fingerprint density at radius 2 is 1.85 bits per heavy atom. The van der Waals surface area contributed by atoms with E-state index in [1.165, 1.54) is 30.5 Å². The molecular weight excluding hydrogens is 192 g/mol. The van der Waals surface area contributed by atoms with Crippen molar-refractivity contribution in [2.24, 2.45) is 0 Å². The fourth-order valence-corrected chi connectivity index (χ4v) is 1.48. The number of rotatable bonds is 2. The highest BCUT2D eigenvalue weighted by Gasteiger charge is 2.07. The lowest BCUT2D eigenvalue weighted by Gasteiger charge is -1.98. The van der Waals surface area contributed by atoms with Crippen LogP contribution >= 0.6 is 0 Å². The summed E-state index contributed by atoms with van der Waals surface area (Å²) in [6.45, 7) is 0. The molecule has 0 saturated carbocycles. The van der Waals surface area contributed by atoms with Crippen LogP contribution in [0.1, 0.15) is 0 Å². The van der Waals surface area contributed by atoms with Gasteiger partial charge in [-0.15, -0.1) is 0 Å². The van der Waals surface area contributed by atoms with Crippen molar-refractivity contribution in [2.45, 2.75) is 4.90 Å². The first kappa shape index (κ1) is 9.66. The minimum atomic E-state index is -2.77. The summed E-state index contributed by atoms with van der Waals surface area (Å²) in [7, 11) is -2.77. The van der Waals surface area contributed by atoms with Crippen LogP contribution in [-0.4, -0.2) is 15.4 Å². The summed E-state index contributed by atoms with van der Waals surface area (Å²) in [6, 6.07) is 5.17. The van der Waals surface area contributed by atoms with Gasteiger partial charge in [0.15, 0.2) is 0 Å². The first-order valence-electron chi connectivity index (χ1n) is 3.39. The van der Waals surface area contributed by atoms with Crippen LogP contribution < -0.4 is 0 Å². The number of nitro benzene ring substituents is 1. The molecule has 0 unspecified atom stereocenters. The Labute approximate surface area is 75.5 Å². The van der Waals surface area contributed by atoms with Crippen molar-refractivity contribution in [1.29, 1.82) is 4.78 Å². The van der Waals surface area contributed by atoms with E-state index in [2.05, 4.69) is 0 Å². The summed E-state index contributed by atoms with van der Waals surface area (Å²) in [4.78, 5) is 10.0. The third kappa shape index (κ3) is 2.25. The zero-order chi connectivity index (χ0) is 10.1. The van der Waals surface area contributed by atoms with Gasteiger partial charge in [0.05, 0.1) is 14.7 Å². The maximum absolute atomic E-state index is 11.2. The number of non-ortho nitro benzene ring substituents is 1. The molecule has 6 heteroatoms. The first-order valence-corrected chi connectivity index (χ1v) is 5.36. The lowest BCUT2D eigenvalue weighted by molar-refractivity contribution is -0.384. The fraction of sp³-hybridized carbons (Fsp3) is 0.143. The average Bonchev–Trinajstić information content (AvgIpc) is 2.03. The van der Waals surface area contributed by atoms with Gasteiger partial charge in [0.2, 0.25) is 0 Å². The van der Waals surface area contributed by atoms with Crippen molar-refractivity contribution in [3.63, 3.8) is 0 Å². The Bertz CT molecular complexity index is 422. The van der Waals surface area contributed by atoms with Crippen molar-refractivity contribution in [1.82, 2.24) is 0 Å². The van der Waals surface area contributed by atoms with E-state index in [1.807, 2.05) is 0 Å². The van der Waals surface area contributed by atoms with Gasteiger partial charge in [-0.3, -0.25) is 10.1 Å². The smallest absolute Gasteiger partial charge is 0.258 e. The molecule has 0 amide bonds. The molecule has 0 heterocycles. The summed E-state index contributed by atoms with van der Waals surface area (Å²) in [5, 5.41) is 10.2. The largest absolute Gasteiger partial charge is 0.269 e. The Morgan fingerprint density at radius 1 is 1.38 bits per heavy atom. The number of nitrogens with zero attached hydrogens (tertiary/aromatic N) is 1. The summed E-state index contributed by atoms with van der Waals surface area (Å²) in [5.41, 5.74) is -0.0626. The highest BCUT2D eigenvalue weighted by atomic mass is 32.2. The van der Waals surface area contributed by atoms with Crippen LogP contribution in [0, 0.1) is 14.9 Å². The number of nitrogens with one attached hydrogen (secondary N) is 1. The quantitative estimate of drug-likeness (QED) is 0.581. The third-order valence-electron chi connectivity index (χ3n) is 1.50. The second-order valence-corrected chi connectivity index (χ2v) is 4.75. The van der Waals surface area contributed by atoms with Gasteiger partial charge in [0.1, 0.15) is 0 Å². The van der Waals surface area contributed by atoms with Gasteiger partial charge in [-0.25, -0.2) is 8.99 Å². The van der Waals surface area contributed by atoms with Gasteiger partial charge in [0.25, 0.3) is 5.69 Å². The minimum Gasteiger partial charge on any atom is -0.258 e. The lowest BCUT2D eigenvalue weighted by Crippen LogP contribution is -1.95. The molecule has 1 rings (SSSR count). The van der Waals surface area contributed by atoms with E-state index in [4.69, 9.17) is 4.78 Å². The molecule has 0 bridgehead atoms. The van der Waals surface area contributed by atoms with Gasteiger partial charge >= 0.3 is 0 Å². The summed E-state index contributed by atoms with van der Waals surface area (Å²) < 4.78 is 18.4. The molecular formula is C7H8N2O3S. The average molecular weight is 200 g/mol. The molecule has 0 aliphatic rings. The molecule has 0 radical (unpaired) electrons. The highest BCUT2D eigenvalue weighted by Crippen LogP contribution is 2.15. The third-order valence-corrected chi connectivity index (χ3v) is 2.67. The molecule has 70 valence electrons. The van der Waals surface area contributed by atoms with Gasteiger partial charge in [-0.2, -0.15) is 0 Å². The normalized spacial score (nSPS) is 14.8. The van der Waals surface area contributed by atoms with E-state index in [-0.39, 0.29) is 5.69 Å². The molecule has 13 heavy (non-hydrogen) atoms. The Balaban J connectivity index is 3.16. The Morgan fingerprint density at radius 3 is 2.15 bits per heavy atom. The predicted molar refractivity (Wildman–Crippen MR) is 48.1 cm³/mol. The van der Waals surface area contributed by atoms with Gasteiger partial charge in [-0.1, -0.05) is 0 Å². The van der Waals surface area contributed by atoms with Crippen LogP contribution in [0.2, 0.25) is 0 Å².